The summed E-state index contributed by atoms with van der Waals surface area (Å²) in [5, 5.41) is 7.05. The number of benzene rings is 1. The Kier molecular flexibility index (Phi) is 2.30. The molecule has 4 nitrogen and oxygen atoms in total. The van der Waals surface area contributed by atoms with Crippen LogP contribution >= 0.6 is 11.3 Å². The molecule has 2 aromatic rings. The lowest BCUT2D eigenvalue weighted by atomic mass is 10.4. The van der Waals surface area contributed by atoms with Crippen molar-refractivity contribution in [2.24, 2.45) is 0 Å². The average Bonchev–Trinajstić information content (AvgIpc) is 2.72. The number of nitrogens with zero attached hydrogens (tertiary/aromatic N) is 2. The molecule has 0 aliphatic heterocycles. The van der Waals surface area contributed by atoms with Gasteiger partial charge in [0, 0.05) is 0 Å². The summed E-state index contributed by atoms with van der Waals surface area (Å²) >= 11 is 1.01. The standard InChI is InChI=1S/C8H6N2O2S2/c11-14(12,8-10-9-6-13-8)7-4-2-1-3-5-7/h1-6H. The van der Waals surface area contributed by atoms with Crippen LogP contribution in [0.5, 0.6) is 0 Å². The SMILES string of the molecule is O=S(=O)(c1ccccc1)c1nncs1. The summed E-state index contributed by atoms with van der Waals surface area (Å²) in [4.78, 5) is 0.247. The minimum Gasteiger partial charge on any atom is -0.216 e. The monoisotopic (exact) mass is 226 g/mol. The summed E-state index contributed by atoms with van der Waals surface area (Å²) in [6.45, 7) is 0. The fraction of sp³-hybridized carbons (Fsp3) is 0. The Labute approximate surface area is 85.2 Å². The second-order valence-corrected chi connectivity index (χ2v) is 5.48. The van der Waals surface area contributed by atoms with Crippen LogP contribution in [-0.4, -0.2) is 18.6 Å². The zero-order valence-corrected chi connectivity index (χ0v) is 8.62. The maximum absolute atomic E-state index is 11.8. The number of rotatable bonds is 2. The van der Waals surface area contributed by atoms with Gasteiger partial charge in [0.1, 0.15) is 5.51 Å². The van der Waals surface area contributed by atoms with E-state index >= 15 is 0 Å². The van der Waals surface area contributed by atoms with Gasteiger partial charge in [-0.25, -0.2) is 8.42 Å². The van der Waals surface area contributed by atoms with Crippen LogP contribution in [0.3, 0.4) is 0 Å². The Morgan fingerprint density at radius 3 is 2.43 bits per heavy atom. The van der Waals surface area contributed by atoms with Gasteiger partial charge in [-0.2, -0.15) is 0 Å². The third-order valence-electron chi connectivity index (χ3n) is 1.62. The molecule has 0 spiro atoms. The maximum Gasteiger partial charge on any atom is 0.237 e. The van der Waals surface area contributed by atoms with E-state index in [2.05, 4.69) is 10.2 Å². The fourth-order valence-electron chi connectivity index (χ4n) is 0.980. The first-order valence-corrected chi connectivity index (χ1v) is 6.14. The molecule has 1 aromatic heterocycles. The van der Waals surface area contributed by atoms with Gasteiger partial charge in [-0.1, -0.05) is 29.5 Å². The molecule has 0 bridgehead atoms. The fourth-order valence-corrected chi connectivity index (χ4v) is 3.06. The van der Waals surface area contributed by atoms with Gasteiger partial charge in [0.05, 0.1) is 4.90 Å². The number of hydrogen-bond donors (Lipinski definition) is 0. The van der Waals surface area contributed by atoms with Gasteiger partial charge in [-0.05, 0) is 12.1 Å². The molecule has 0 saturated heterocycles. The molecule has 2 rings (SSSR count). The summed E-state index contributed by atoms with van der Waals surface area (Å²) in [5.41, 5.74) is 1.40. The summed E-state index contributed by atoms with van der Waals surface area (Å²) in [7, 11) is -3.45. The van der Waals surface area contributed by atoms with Crippen LogP contribution in [0.2, 0.25) is 0 Å². The summed E-state index contributed by atoms with van der Waals surface area (Å²) in [5.74, 6) is 0. The topological polar surface area (TPSA) is 59.9 Å². The van der Waals surface area contributed by atoms with Crippen molar-refractivity contribution in [3.05, 3.63) is 35.8 Å². The van der Waals surface area contributed by atoms with E-state index in [4.69, 9.17) is 0 Å². The molecule has 14 heavy (non-hydrogen) atoms. The molecule has 0 aliphatic rings. The van der Waals surface area contributed by atoms with Crippen LogP contribution in [-0.2, 0) is 9.84 Å². The highest BCUT2D eigenvalue weighted by atomic mass is 32.2. The van der Waals surface area contributed by atoms with E-state index < -0.39 is 9.84 Å². The van der Waals surface area contributed by atoms with E-state index in [9.17, 15) is 8.42 Å². The van der Waals surface area contributed by atoms with Gasteiger partial charge in [0.15, 0.2) is 0 Å². The molecule has 0 fully saturated rings. The first-order chi connectivity index (χ1) is 6.71. The van der Waals surface area contributed by atoms with E-state index in [1.54, 1.807) is 18.2 Å². The summed E-state index contributed by atoms with van der Waals surface area (Å²) < 4.78 is 23.6. The third kappa shape index (κ3) is 1.53. The van der Waals surface area contributed by atoms with Crippen molar-refractivity contribution in [1.82, 2.24) is 10.2 Å². The Bertz CT molecular complexity index is 506. The molecular weight excluding hydrogens is 220 g/mol. The van der Waals surface area contributed by atoms with E-state index in [0.717, 1.165) is 11.3 Å². The highest BCUT2D eigenvalue weighted by molar-refractivity contribution is 7.93. The van der Waals surface area contributed by atoms with Crippen molar-refractivity contribution >= 4 is 21.2 Å². The maximum atomic E-state index is 11.8. The predicted octanol–water partition coefficient (Wildman–Crippen LogP) is 1.37. The largest absolute Gasteiger partial charge is 0.237 e. The Morgan fingerprint density at radius 1 is 1.14 bits per heavy atom. The van der Waals surface area contributed by atoms with E-state index in [1.807, 2.05) is 0 Å². The minimum absolute atomic E-state index is 0.0312. The van der Waals surface area contributed by atoms with Gasteiger partial charge < -0.3 is 0 Å². The van der Waals surface area contributed by atoms with Crippen LogP contribution < -0.4 is 0 Å². The highest BCUT2D eigenvalue weighted by Gasteiger charge is 2.20. The quantitative estimate of drug-likeness (QED) is 0.776. The Balaban J connectivity index is 2.55. The lowest BCUT2D eigenvalue weighted by molar-refractivity contribution is 0.594. The van der Waals surface area contributed by atoms with Gasteiger partial charge in [-0.3, -0.25) is 0 Å². The Hall–Kier alpha value is -1.27. The van der Waals surface area contributed by atoms with Crippen molar-refractivity contribution in [3.63, 3.8) is 0 Å². The molecule has 0 unspecified atom stereocenters. The van der Waals surface area contributed by atoms with Crippen molar-refractivity contribution in [3.8, 4) is 0 Å². The smallest absolute Gasteiger partial charge is 0.216 e. The van der Waals surface area contributed by atoms with Crippen LogP contribution in [0.25, 0.3) is 0 Å². The van der Waals surface area contributed by atoms with Gasteiger partial charge in [0.25, 0.3) is 0 Å². The average molecular weight is 226 g/mol. The molecule has 72 valence electrons. The number of hydrogen-bond acceptors (Lipinski definition) is 5. The van der Waals surface area contributed by atoms with E-state index in [-0.39, 0.29) is 9.24 Å². The van der Waals surface area contributed by atoms with Crippen molar-refractivity contribution < 1.29 is 8.42 Å². The first kappa shape index (κ1) is 9.29. The van der Waals surface area contributed by atoms with Crippen LogP contribution in [0, 0.1) is 0 Å². The molecule has 0 radical (unpaired) electrons. The van der Waals surface area contributed by atoms with Crippen molar-refractivity contribution in [1.29, 1.82) is 0 Å². The minimum atomic E-state index is -3.45. The van der Waals surface area contributed by atoms with E-state index in [1.165, 1.54) is 17.6 Å². The van der Waals surface area contributed by atoms with Crippen molar-refractivity contribution in [2.75, 3.05) is 0 Å². The normalized spacial score (nSPS) is 11.4. The van der Waals surface area contributed by atoms with E-state index in [0.29, 0.717) is 0 Å². The second-order valence-electron chi connectivity index (χ2n) is 2.52. The Morgan fingerprint density at radius 2 is 1.86 bits per heavy atom. The molecule has 0 N–H and O–H groups in total. The molecule has 1 heterocycles. The molecule has 0 saturated carbocycles. The van der Waals surface area contributed by atoms with Gasteiger partial charge >= 0.3 is 0 Å². The molecular formula is C8H6N2O2S2. The lowest BCUT2D eigenvalue weighted by Gasteiger charge is -1.97. The number of aromatic nitrogens is 2. The van der Waals surface area contributed by atoms with Gasteiger partial charge in [0.2, 0.25) is 14.2 Å². The molecule has 6 heteroatoms. The van der Waals surface area contributed by atoms with Gasteiger partial charge in [-0.15, -0.1) is 10.2 Å². The first-order valence-electron chi connectivity index (χ1n) is 3.77. The zero-order valence-electron chi connectivity index (χ0n) is 6.99. The van der Waals surface area contributed by atoms with Crippen LogP contribution in [0.4, 0.5) is 0 Å². The summed E-state index contributed by atoms with van der Waals surface area (Å²) in [6, 6.07) is 8.19. The predicted molar refractivity (Wildman–Crippen MR) is 51.8 cm³/mol. The summed E-state index contributed by atoms with van der Waals surface area (Å²) in [6.07, 6.45) is 0. The molecule has 0 aliphatic carbocycles. The third-order valence-corrected chi connectivity index (χ3v) is 4.49. The molecule has 0 amide bonds. The van der Waals surface area contributed by atoms with Crippen LogP contribution in [0.1, 0.15) is 0 Å². The zero-order chi connectivity index (χ0) is 10.0. The van der Waals surface area contributed by atoms with Crippen molar-refractivity contribution in [2.45, 2.75) is 9.24 Å². The lowest BCUT2D eigenvalue weighted by Crippen LogP contribution is -2.00. The molecule has 1 aromatic carbocycles. The second kappa shape index (κ2) is 3.47. The molecule has 0 atom stereocenters. The van der Waals surface area contributed by atoms with Crippen LogP contribution in [0.15, 0.2) is 45.1 Å². The highest BCUT2D eigenvalue weighted by Crippen LogP contribution is 2.20. The number of sulfone groups is 1.